The monoisotopic (exact) mass is 298 g/mol. The van der Waals surface area contributed by atoms with Gasteiger partial charge in [-0.1, -0.05) is 24.0 Å². The molecule has 4 aliphatic carbocycles. The third kappa shape index (κ3) is 1.75. The molecule has 0 radical (unpaired) electrons. The number of terminal acetylenes is 1. The number of hydrogen-bond acceptors (Lipinski definition) is 2. The molecule has 0 unspecified atom stereocenters. The molecular formula is C20H26O2. The van der Waals surface area contributed by atoms with Crippen LogP contribution in [0.3, 0.4) is 0 Å². The summed E-state index contributed by atoms with van der Waals surface area (Å²) in [6, 6.07) is 0. The Morgan fingerprint density at radius 1 is 1.18 bits per heavy atom. The van der Waals surface area contributed by atoms with Gasteiger partial charge in [0.25, 0.3) is 0 Å². The zero-order chi connectivity index (χ0) is 15.5. The molecule has 0 aliphatic heterocycles. The molecule has 1 N–H and O–H groups in total. The van der Waals surface area contributed by atoms with Crippen LogP contribution in [0, 0.1) is 35.5 Å². The van der Waals surface area contributed by atoms with Gasteiger partial charge in [-0.15, -0.1) is 6.42 Å². The molecule has 2 fully saturated rings. The van der Waals surface area contributed by atoms with E-state index in [2.05, 4.69) is 12.8 Å². The maximum Gasteiger partial charge on any atom is 0.137 e. The first-order valence-corrected chi connectivity index (χ1v) is 8.91. The second kappa shape index (κ2) is 4.71. The molecule has 4 aliphatic rings. The van der Waals surface area contributed by atoms with Crippen molar-refractivity contribution >= 4 is 5.78 Å². The average Bonchev–Trinajstić information content (AvgIpc) is 2.79. The van der Waals surface area contributed by atoms with Crippen molar-refractivity contribution in [1.29, 1.82) is 0 Å². The highest BCUT2D eigenvalue weighted by Crippen LogP contribution is 2.64. The van der Waals surface area contributed by atoms with E-state index >= 15 is 0 Å². The second-order valence-electron chi connectivity index (χ2n) is 8.26. The first kappa shape index (κ1) is 14.5. The largest absolute Gasteiger partial charge is 0.377 e. The number of fused-ring (bicyclic) bond motifs is 4. The van der Waals surface area contributed by atoms with Crippen LogP contribution in [0.4, 0.5) is 0 Å². The molecule has 0 spiro atoms. The van der Waals surface area contributed by atoms with Crippen LogP contribution < -0.4 is 0 Å². The number of carbonyl (C=O) groups excluding carboxylic acids is 1. The zero-order valence-electron chi connectivity index (χ0n) is 13.5. The lowest BCUT2D eigenvalue weighted by Crippen LogP contribution is -2.50. The number of ketones is 1. The number of hydrogen-bond donors (Lipinski definition) is 1. The summed E-state index contributed by atoms with van der Waals surface area (Å²) in [4.78, 5) is 11.7. The van der Waals surface area contributed by atoms with E-state index in [1.807, 2.05) is 0 Å². The van der Waals surface area contributed by atoms with E-state index in [9.17, 15) is 9.90 Å². The number of allylic oxidation sites excluding steroid dienone is 2. The lowest BCUT2D eigenvalue weighted by molar-refractivity contribution is -0.119. The smallest absolute Gasteiger partial charge is 0.137 e. The van der Waals surface area contributed by atoms with E-state index in [-0.39, 0.29) is 5.41 Å². The molecule has 2 nitrogen and oxygen atoms in total. The van der Waals surface area contributed by atoms with Crippen molar-refractivity contribution in [2.45, 2.75) is 70.3 Å². The van der Waals surface area contributed by atoms with Crippen molar-refractivity contribution in [3.05, 3.63) is 11.1 Å². The Morgan fingerprint density at radius 3 is 2.77 bits per heavy atom. The fourth-order valence-corrected chi connectivity index (χ4v) is 6.30. The predicted molar refractivity (Wildman–Crippen MR) is 85.9 cm³/mol. The minimum atomic E-state index is -0.903. The summed E-state index contributed by atoms with van der Waals surface area (Å²) in [5.74, 6) is 5.06. The maximum absolute atomic E-state index is 11.7. The van der Waals surface area contributed by atoms with E-state index in [0.717, 1.165) is 51.4 Å². The Bertz CT molecular complexity index is 595. The molecule has 0 aromatic rings. The van der Waals surface area contributed by atoms with Crippen LogP contribution in [0.2, 0.25) is 0 Å². The Kier molecular flexibility index (Phi) is 3.11. The summed E-state index contributed by atoms with van der Waals surface area (Å²) in [5.41, 5.74) is 2.08. The molecule has 22 heavy (non-hydrogen) atoms. The van der Waals surface area contributed by atoms with E-state index < -0.39 is 5.60 Å². The molecule has 4 rings (SSSR count). The van der Waals surface area contributed by atoms with Crippen LogP contribution in [0.5, 0.6) is 0 Å². The summed E-state index contributed by atoms with van der Waals surface area (Å²) >= 11 is 0. The van der Waals surface area contributed by atoms with Crippen LogP contribution in [0.1, 0.15) is 64.7 Å². The molecular weight excluding hydrogens is 272 g/mol. The molecule has 0 aromatic carbocycles. The topological polar surface area (TPSA) is 37.3 Å². The lowest BCUT2D eigenvalue weighted by Gasteiger charge is -2.53. The van der Waals surface area contributed by atoms with E-state index in [4.69, 9.17) is 6.42 Å². The van der Waals surface area contributed by atoms with Gasteiger partial charge in [-0.05, 0) is 62.7 Å². The summed E-state index contributed by atoms with van der Waals surface area (Å²) in [6.45, 7) is 2.23. The normalized spacial score (nSPS) is 47.5. The van der Waals surface area contributed by atoms with Crippen molar-refractivity contribution < 1.29 is 9.90 Å². The van der Waals surface area contributed by atoms with Gasteiger partial charge in [0, 0.05) is 18.3 Å². The van der Waals surface area contributed by atoms with Gasteiger partial charge in [0.15, 0.2) is 0 Å². The Balaban J connectivity index is 1.67. The van der Waals surface area contributed by atoms with Gasteiger partial charge in [0.1, 0.15) is 11.4 Å². The van der Waals surface area contributed by atoms with Crippen LogP contribution >= 0.6 is 0 Å². The first-order chi connectivity index (χ1) is 10.5. The van der Waals surface area contributed by atoms with E-state index in [1.165, 1.54) is 12.0 Å². The van der Waals surface area contributed by atoms with Gasteiger partial charge < -0.3 is 5.11 Å². The minimum Gasteiger partial charge on any atom is -0.377 e. The summed E-state index contributed by atoms with van der Waals surface area (Å²) in [6.07, 6.45) is 14.5. The fraction of sp³-hybridized carbons (Fsp3) is 0.750. The van der Waals surface area contributed by atoms with Gasteiger partial charge >= 0.3 is 0 Å². The second-order valence-corrected chi connectivity index (χ2v) is 8.26. The number of carbonyl (C=O) groups is 1. The molecule has 0 amide bonds. The average molecular weight is 298 g/mol. The standard InChI is InChI=1S/C20H26O2/c1-3-20(22)11-9-18-17-6-4-13-12-14(21)5-7-15(13)16(17)8-10-19(18,20)2/h1,16-18,22H,4-12H2,2H3/t16-,17-,18-,19-,20-/m1/s1. The third-order valence-electron chi connectivity index (χ3n) is 7.59. The van der Waals surface area contributed by atoms with E-state index in [1.54, 1.807) is 5.57 Å². The quantitative estimate of drug-likeness (QED) is 0.547. The highest BCUT2D eigenvalue weighted by atomic mass is 16.3. The van der Waals surface area contributed by atoms with Gasteiger partial charge in [0.05, 0.1) is 0 Å². The highest BCUT2D eigenvalue weighted by molar-refractivity contribution is 5.82. The Labute approximate surface area is 133 Å². The number of Topliss-reactive ketones (excluding diaryl/α,β-unsaturated/α-hetero) is 1. The lowest BCUT2D eigenvalue weighted by atomic mass is 9.52. The Morgan fingerprint density at radius 2 is 2.00 bits per heavy atom. The summed E-state index contributed by atoms with van der Waals surface area (Å²) in [7, 11) is 0. The minimum absolute atomic E-state index is 0.106. The van der Waals surface area contributed by atoms with Crippen LogP contribution in [0.25, 0.3) is 0 Å². The molecule has 0 aromatic heterocycles. The van der Waals surface area contributed by atoms with Gasteiger partial charge in [0.2, 0.25) is 0 Å². The molecule has 0 bridgehead atoms. The molecule has 118 valence electrons. The molecule has 2 saturated carbocycles. The third-order valence-corrected chi connectivity index (χ3v) is 7.59. The SMILES string of the molecule is C#C[C@@]1(O)CC[C@@H]2[C@@H]3CCC4=C(CCC(=O)C4)[C@H]3CC[C@]21C. The Hall–Kier alpha value is -1.07. The number of rotatable bonds is 0. The first-order valence-electron chi connectivity index (χ1n) is 8.91. The molecule has 0 saturated heterocycles. The van der Waals surface area contributed by atoms with Crippen molar-refractivity contribution in [2.75, 3.05) is 0 Å². The van der Waals surface area contributed by atoms with Crippen LogP contribution in [-0.4, -0.2) is 16.5 Å². The molecule has 0 heterocycles. The van der Waals surface area contributed by atoms with Crippen LogP contribution in [-0.2, 0) is 4.79 Å². The van der Waals surface area contributed by atoms with Gasteiger partial charge in [-0.3, -0.25) is 4.79 Å². The maximum atomic E-state index is 11.7. The summed E-state index contributed by atoms with van der Waals surface area (Å²) < 4.78 is 0. The predicted octanol–water partition coefficient (Wildman–Crippen LogP) is 3.64. The molecule has 2 heteroatoms. The summed E-state index contributed by atoms with van der Waals surface area (Å²) in [5, 5.41) is 10.9. The van der Waals surface area contributed by atoms with Crippen molar-refractivity contribution in [3.8, 4) is 12.3 Å². The number of aliphatic hydroxyl groups is 1. The van der Waals surface area contributed by atoms with Crippen molar-refractivity contribution in [2.24, 2.45) is 23.2 Å². The van der Waals surface area contributed by atoms with Crippen molar-refractivity contribution in [1.82, 2.24) is 0 Å². The fourth-order valence-electron chi connectivity index (χ4n) is 6.30. The zero-order valence-corrected chi connectivity index (χ0v) is 13.5. The highest BCUT2D eigenvalue weighted by Gasteiger charge is 2.61. The molecule has 5 atom stereocenters. The van der Waals surface area contributed by atoms with Crippen LogP contribution in [0.15, 0.2) is 11.1 Å². The van der Waals surface area contributed by atoms with E-state index in [0.29, 0.717) is 23.5 Å². The van der Waals surface area contributed by atoms with Gasteiger partial charge in [-0.25, -0.2) is 0 Å². The van der Waals surface area contributed by atoms with Gasteiger partial charge in [-0.2, -0.15) is 0 Å². The van der Waals surface area contributed by atoms with Crippen molar-refractivity contribution in [3.63, 3.8) is 0 Å².